The lowest BCUT2D eigenvalue weighted by Gasteiger charge is -2.11. The van der Waals surface area contributed by atoms with Crippen LogP contribution in [0, 0.1) is 0 Å². The lowest BCUT2D eigenvalue weighted by molar-refractivity contribution is 0.594. The van der Waals surface area contributed by atoms with Crippen molar-refractivity contribution in [1.29, 1.82) is 0 Å². The molecule has 0 saturated heterocycles. The quantitative estimate of drug-likeness (QED) is 0.341. The summed E-state index contributed by atoms with van der Waals surface area (Å²) in [6.45, 7) is 5.81. The second-order valence-electron chi connectivity index (χ2n) is 4.46. The van der Waals surface area contributed by atoms with Crippen molar-refractivity contribution in [3.05, 3.63) is 28.7 Å². The van der Waals surface area contributed by atoms with Crippen molar-refractivity contribution in [3.8, 4) is 0 Å². The third-order valence-electron chi connectivity index (χ3n) is 2.67. The highest BCUT2D eigenvalue weighted by Crippen LogP contribution is 2.15. The van der Waals surface area contributed by atoms with Gasteiger partial charge in [-0.15, -0.1) is 24.0 Å². The van der Waals surface area contributed by atoms with E-state index in [0.29, 0.717) is 17.4 Å². The molecule has 0 aliphatic rings. The van der Waals surface area contributed by atoms with Crippen LogP contribution >= 0.6 is 39.9 Å². The molecule has 126 valence electrons. The summed E-state index contributed by atoms with van der Waals surface area (Å²) in [6, 6.07) is 6.67. The molecule has 2 N–H and O–H groups in total. The molecular weight excluding hydrogens is 481 g/mol. The molecule has 22 heavy (non-hydrogen) atoms. The number of aliphatic imine (C=N–C) groups is 1. The molecule has 1 rings (SSSR count). The van der Waals surface area contributed by atoms with E-state index in [2.05, 4.69) is 31.6 Å². The Kier molecular flexibility index (Phi) is 11.0. The Hall–Kier alpha value is -0.350. The smallest absolute Gasteiger partial charge is 0.191 e. The highest BCUT2D eigenvalue weighted by Gasteiger charge is 2.14. The van der Waals surface area contributed by atoms with Gasteiger partial charge in [-0.05, 0) is 37.6 Å². The van der Waals surface area contributed by atoms with Crippen LogP contribution in [0.4, 0.5) is 0 Å². The van der Waals surface area contributed by atoms with Crippen LogP contribution in [0.15, 0.2) is 38.6 Å². The summed E-state index contributed by atoms with van der Waals surface area (Å²) in [5.74, 6) is 0.691. The molecule has 0 fully saturated rings. The maximum atomic E-state index is 12.2. The minimum absolute atomic E-state index is 0. The Bertz CT molecular complexity index is 562. The first kappa shape index (κ1) is 21.6. The van der Waals surface area contributed by atoms with Crippen molar-refractivity contribution in [1.82, 2.24) is 10.6 Å². The lowest BCUT2D eigenvalue weighted by atomic mass is 10.4. The normalized spacial score (nSPS) is 11.7. The fourth-order valence-corrected chi connectivity index (χ4v) is 3.05. The van der Waals surface area contributed by atoms with Gasteiger partial charge in [0.15, 0.2) is 15.8 Å². The average Bonchev–Trinajstić information content (AvgIpc) is 2.45. The first-order chi connectivity index (χ1) is 9.99. The zero-order valence-electron chi connectivity index (χ0n) is 12.8. The minimum Gasteiger partial charge on any atom is -0.357 e. The first-order valence-electron chi connectivity index (χ1n) is 7.00. The number of halogens is 2. The predicted octanol–water partition coefficient (Wildman–Crippen LogP) is 2.81. The summed E-state index contributed by atoms with van der Waals surface area (Å²) in [4.78, 5) is 4.67. The van der Waals surface area contributed by atoms with Crippen LogP contribution in [-0.4, -0.2) is 39.8 Å². The van der Waals surface area contributed by atoms with Crippen molar-refractivity contribution in [3.63, 3.8) is 0 Å². The van der Waals surface area contributed by atoms with Crippen LogP contribution in [-0.2, 0) is 9.84 Å². The van der Waals surface area contributed by atoms with Crippen molar-refractivity contribution >= 4 is 55.7 Å². The molecule has 0 unspecified atom stereocenters. The Balaban J connectivity index is 0.00000441. The molecular formula is C14H23BrIN3O2S. The fraction of sp³-hybridized carbons (Fsp3) is 0.500. The Morgan fingerprint density at radius 2 is 1.82 bits per heavy atom. The van der Waals surface area contributed by atoms with E-state index in [4.69, 9.17) is 0 Å². The largest absolute Gasteiger partial charge is 0.357 e. The molecule has 0 aliphatic carbocycles. The Morgan fingerprint density at radius 1 is 1.18 bits per heavy atom. The van der Waals surface area contributed by atoms with Crippen LogP contribution in [0.5, 0.6) is 0 Å². The summed E-state index contributed by atoms with van der Waals surface area (Å²) in [6.07, 6.45) is 0.952. The number of benzene rings is 1. The van der Waals surface area contributed by atoms with Gasteiger partial charge in [0.25, 0.3) is 0 Å². The third kappa shape index (κ3) is 7.77. The van der Waals surface area contributed by atoms with Gasteiger partial charge in [0, 0.05) is 24.1 Å². The molecule has 5 nitrogen and oxygen atoms in total. The van der Waals surface area contributed by atoms with Gasteiger partial charge in [-0.1, -0.05) is 22.9 Å². The molecule has 0 spiro atoms. The number of hydrogen-bond acceptors (Lipinski definition) is 3. The summed E-state index contributed by atoms with van der Waals surface area (Å²) < 4.78 is 25.2. The predicted molar refractivity (Wildman–Crippen MR) is 106 cm³/mol. The Labute approximate surface area is 158 Å². The Morgan fingerprint density at radius 3 is 2.36 bits per heavy atom. The molecule has 0 heterocycles. The van der Waals surface area contributed by atoms with Gasteiger partial charge in [-0.3, -0.25) is 4.99 Å². The van der Waals surface area contributed by atoms with E-state index in [1.165, 1.54) is 0 Å². The van der Waals surface area contributed by atoms with Crippen LogP contribution in [0.1, 0.15) is 20.3 Å². The van der Waals surface area contributed by atoms with E-state index in [1.807, 2.05) is 13.8 Å². The van der Waals surface area contributed by atoms with Gasteiger partial charge in [-0.25, -0.2) is 8.42 Å². The van der Waals surface area contributed by atoms with E-state index < -0.39 is 9.84 Å². The number of rotatable bonds is 7. The van der Waals surface area contributed by atoms with Crippen LogP contribution < -0.4 is 10.6 Å². The molecule has 0 radical (unpaired) electrons. The second-order valence-corrected chi connectivity index (χ2v) is 7.49. The number of sulfone groups is 1. The van der Waals surface area contributed by atoms with Crippen LogP contribution in [0.2, 0.25) is 0 Å². The molecule has 0 aromatic heterocycles. The zero-order valence-corrected chi connectivity index (χ0v) is 17.5. The molecule has 1 aromatic carbocycles. The van der Waals surface area contributed by atoms with Crippen molar-refractivity contribution in [2.45, 2.75) is 25.2 Å². The van der Waals surface area contributed by atoms with Gasteiger partial charge in [0.2, 0.25) is 0 Å². The van der Waals surface area contributed by atoms with Gasteiger partial charge < -0.3 is 10.6 Å². The van der Waals surface area contributed by atoms with E-state index in [1.54, 1.807) is 24.3 Å². The van der Waals surface area contributed by atoms with Crippen molar-refractivity contribution in [2.24, 2.45) is 4.99 Å². The van der Waals surface area contributed by atoms with Gasteiger partial charge in [-0.2, -0.15) is 0 Å². The summed E-state index contributed by atoms with van der Waals surface area (Å²) in [7, 11) is -3.27. The van der Waals surface area contributed by atoms with Crippen molar-refractivity contribution < 1.29 is 8.42 Å². The topological polar surface area (TPSA) is 70.6 Å². The average molecular weight is 504 g/mol. The highest BCUT2D eigenvalue weighted by atomic mass is 127. The summed E-state index contributed by atoms with van der Waals surface area (Å²) in [5, 5.41) is 6.13. The van der Waals surface area contributed by atoms with Crippen LogP contribution in [0.25, 0.3) is 0 Å². The van der Waals surface area contributed by atoms with E-state index in [0.717, 1.165) is 24.0 Å². The maximum absolute atomic E-state index is 12.2. The molecule has 1 aromatic rings. The van der Waals surface area contributed by atoms with Crippen molar-refractivity contribution in [2.75, 3.05) is 25.4 Å². The first-order valence-corrected chi connectivity index (χ1v) is 9.44. The minimum atomic E-state index is -3.27. The third-order valence-corrected chi connectivity index (χ3v) is 4.93. The molecule has 0 bridgehead atoms. The molecule has 0 atom stereocenters. The number of hydrogen-bond donors (Lipinski definition) is 2. The number of nitrogens with zero attached hydrogens (tertiary/aromatic N) is 1. The van der Waals surface area contributed by atoms with E-state index in [9.17, 15) is 8.42 Å². The van der Waals surface area contributed by atoms with E-state index >= 15 is 0 Å². The SMILES string of the molecule is CCCN=C(NCC)NCCS(=O)(=O)c1ccc(Br)cc1.I. The molecule has 8 heteroatoms. The monoisotopic (exact) mass is 503 g/mol. The fourth-order valence-electron chi connectivity index (χ4n) is 1.63. The standard InChI is InChI=1S/C14H22BrN3O2S.HI/c1-3-9-17-14(16-4-2)18-10-11-21(19,20)13-7-5-12(15)6-8-13;/h5-8H,3-4,9-11H2,1-2H3,(H2,16,17,18);1H. The van der Waals surface area contributed by atoms with Gasteiger partial charge >= 0.3 is 0 Å². The highest BCUT2D eigenvalue weighted by molar-refractivity contribution is 14.0. The number of guanidine groups is 1. The zero-order chi connectivity index (χ0) is 15.7. The molecule has 0 aliphatic heterocycles. The van der Waals surface area contributed by atoms with Crippen LogP contribution in [0.3, 0.4) is 0 Å². The molecule has 0 saturated carbocycles. The summed E-state index contributed by atoms with van der Waals surface area (Å²) in [5.41, 5.74) is 0. The van der Waals surface area contributed by atoms with Gasteiger partial charge in [0.05, 0.1) is 10.6 Å². The van der Waals surface area contributed by atoms with Gasteiger partial charge in [0.1, 0.15) is 0 Å². The molecule has 0 amide bonds. The summed E-state index contributed by atoms with van der Waals surface area (Å²) >= 11 is 3.29. The number of nitrogens with one attached hydrogen (secondary N) is 2. The maximum Gasteiger partial charge on any atom is 0.191 e. The second kappa shape index (κ2) is 11.2. The lowest BCUT2D eigenvalue weighted by Crippen LogP contribution is -2.39. The van der Waals surface area contributed by atoms with E-state index in [-0.39, 0.29) is 29.7 Å².